The van der Waals surface area contributed by atoms with Crippen LogP contribution in [-0.4, -0.2) is 23.4 Å². The Hall–Kier alpha value is -3.99. The van der Waals surface area contributed by atoms with Crippen molar-refractivity contribution >= 4 is 0 Å². The van der Waals surface area contributed by atoms with Gasteiger partial charge in [0.15, 0.2) is 0 Å². The zero-order valence-electron chi connectivity index (χ0n) is 17.1. The van der Waals surface area contributed by atoms with Crippen molar-refractivity contribution in [3.8, 4) is 34.7 Å². The molecule has 8 heteroatoms. The van der Waals surface area contributed by atoms with Crippen LogP contribution in [0.2, 0.25) is 0 Å². The number of nitrogens with one attached hydrogen (secondary N) is 1. The summed E-state index contributed by atoms with van der Waals surface area (Å²) >= 11 is 0. The molecule has 0 saturated heterocycles. The second-order valence-electron chi connectivity index (χ2n) is 6.82. The Kier molecular flexibility index (Phi) is 5.50. The highest BCUT2D eigenvalue weighted by molar-refractivity contribution is 5.76. The molecular formula is C23H21FN4O3. The van der Waals surface area contributed by atoms with Crippen LogP contribution in [0.1, 0.15) is 30.9 Å². The van der Waals surface area contributed by atoms with Gasteiger partial charge in [-0.1, -0.05) is 12.1 Å². The van der Waals surface area contributed by atoms with Crippen LogP contribution in [0.5, 0.6) is 17.4 Å². The fourth-order valence-electron chi connectivity index (χ4n) is 3.68. The van der Waals surface area contributed by atoms with Crippen molar-refractivity contribution < 1.29 is 18.6 Å². The maximum atomic E-state index is 13.6. The second kappa shape index (κ2) is 8.40. The fourth-order valence-corrected chi connectivity index (χ4v) is 3.68. The molecule has 7 nitrogen and oxygen atoms in total. The minimum atomic E-state index is -0.579. The third-order valence-corrected chi connectivity index (χ3v) is 4.98. The van der Waals surface area contributed by atoms with E-state index in [2.05, 4.69) is 16.3 Å². The number of H-pyrrole nitrogens is 1. The monoisotopic (exact) mass is 420 g/mol. The Morgan fingerprint density at radius 2 is 1.90 bits per heavy atom. The fraction of sp³-hybridized carbons (Fsp3) is 0.217. The average Bonchev–Trinajstić information content (AvgIpc) is 3.17. The molecular weight excluding hydrogens is 399 g/mol. The lowest BCUT2D eigenvalue weighted by Crippen LogP contribution is -2.21. The number of aromatic nitrogens is 2. The molecule has 1 aromatic heterocycles. The number of nitrogens with two attached hydrogens (primary N) is 1. The highest BCUT2D eigenvalue weighted by atomic mass is 19.1. The van der Waals surface area contributed by atoms with Crippen LogP contribution in [0.15, 0.2) is 53.9 Å². The van der Waals surface area contributed by atoms with E-state index in [4.69, 9.17) is 19.9 Å². The largest absolute Gasteiger partial charge is 0.494 e. The highest BCUT2D eigenvalue weighted by Crippen LogP contribution is 2.47. The maximum Gasteiger partial charge on any atom is 0.244 e. The zero-order chi connectivity index (χ0) is 22.0. The van der Waals surface area contributed by atoms with Gasteiger partial charge in [-0.05, 0) is 43.7 Å². The number of hydrogen-bond donors (Lipinski definition) is 2. The van der Waals surface area contributed by atoms with Gasteiger partial charge in [-0.15, -0.1) is 5.10 Å². The highest BCUT2D eigenvalue weighted by Gasteiger charge is 2.36. The van der Waals surface area contributed by atoms with Crippen LogP contribution in [0, 0.1) is 17.1 Å². The predicted octanol–water partition coefficient (Wildman–Crippen LogP) is 4.23. The first kappa shape index (κ1) is 20.3. The van der Waals surface area contributed by atoms with Gasteiger partial charge in [-0.3, -0.25) is 5.10 Å². The van der Waals surface area contributed by atoms with Gasteiger partial charge in [-0.25, -0.2) is 4.39 Å². The van der Waals surface area contributed by atoms with Gasteiger partial charge >= 0.3 is 0 Å². The van der Waals surface area contributed by atoms with Crippen molar-refractivity contribution in [2.75, 3.05) is 13.2 Å². The van der Waals surface area contributed by atoms with Crippen molar-refractivity contribution in [1.29, 1.82) is 5.26 Å². The number of nitrogens with zero attached hydrogens (tertiary/aromatic N) is 2. The van der Waals surface area contributed by atoms with E-state index in [9.17, 15) is 9.65 Å². The molecule has 3 aromatic rings. The lowest BCUT2D eigenvalue weighted by Gasteiger charge is -2.24. The molecule has 1 atom stereocenters. The lowest BCUT2D eigenvalue weighted by atomic mass is 9.83. The molecule has 4 rings (SSSR count). The number of allylic oxidation sites excluding steroid dienone is 1. The summed E-state index contributed by atoms with van der Waals surface area (Å²) in [6, 6.07) is 13.6. The Morgan fingerprint density at radius 3 is 2.58 bits per heavy atom. The standard InChI is InChI=1S/C23H21FN4O3/c1-3-29-15-9-10-16(18(11-15)30-4-2)21-20-19(13-5-7-14(24)8-6-13)17(12-25)22(26)31-23(20)28-27-21/h5-11,19H,3-4,26H2,1-2H3,(H,27,28)/t19-/m1/s1. The molecule has 158 valence electrons. The lowest BCUT2D eigenvalue weighted by molar-refractivity contribution is 0.324. The van der Waals surface area contributed by atoms with E-state index in [0.717, 1.165) is 5.56 Å². The molecule has 2 heterocycles. The molecule has 3 N–H and O–H groups in total. The average molecular weight is 420 g/mol. The summed E-state index contributed by atoms with van der Waals surface area (Å²) in [5, 5.41) is 17.1. The van der Waals surface area contributed by atoms with Gasteiger partial charge in [0.1, 0.15) is 29.0 Å². The van der Waals surface area contributed by atoms with E-state index >= 15 is 0 Å². The Labute approximate surface area is 178 Å². The second-order valence-corrected chi connectivity index (χ2v) is 6.82. The number of halogens is 1. The summed E-state index contributed by atoms with van der Waals surface area (Å²) in [4.78, 5) is 0. The third-order valence-electron chi connectivity index (χ3n) is 4.98. The van der Waals surface area contributed by atoms with Crippen LogP contribution >= 0.6 is 0 Å². The van der Waals surface area contributed by atoms with Crippen LogP contribution in [0.4, 0.5) is 4.39 Å². The van der Waals surface area contributed by atoms with Crippen molar-refractivity contribution in [3.63, 3.8) is 0 Å². The molecule has 0 amide bonds. The van der Waals surface area contributed by atoms with Gasteiger partial charge in [0, 0.05) is 11.6 Å². The summed E-state index contributed by atoms with van der Waals surface area (Å²) in [5.74, 6) is 0.555. The Morgan fingerprint density at radius 1 is 1.16 bits per heavy atom. The zero-order valence-corrected chi connectivity index (χ0v) is 17.1. The Bertz CT molecular complexity index is 1180. The maximum absolute atomic E-state index is 13.6. The number of aromatic amines is 1. The summed E-state index contributed by atoms with van der Waals surface area (Å²) in [6.45, 7) is 4.78. The molecule has 0 spiro atoms. The van der Waals surface area contributed by atoms with Crippen molar-refractivity contribution in [2.45, 2.75) is 19.8 Å². The first-order chi connectivity index (χ1) is 15.1. The van der Waals surface area contributed by atoms with Gasteiger partial charge in [0.2, 0.25) is 11.8 Å². The summed E-state index contributed by atoms with van der Waals surface area (Å²) in [5.41, 5.74) is 8.90. The Balaban J connectivity index is 1.91. The van der Waals surface area contributed by atoms with Gasteiger partial charge < -0.3 is 19.9 Å². The number of nitriles is 1. The first-order valence-electron chi connectivity index (χ1n) is 9.88. The minimum Gasteiger partial charge on any atom is -0.494 e. The molecule has 0 saturated carbocycles. The van der Waals surface area contributed by atoms with Crippen molar-refractivity contribution in [1.82, 2.24) is 10.2 Å². The quantitative estimate of drug-likeness (QED) is 0.618. The first-order valence-corrected chi connectivity index (χ1v) is 9.88. The summed E-state index contributed by atoms with van der Waals surface area (Å²) < 4.78 is 30.6. The van der Waals surface area contributed by atoms with Gasteiger partial charge in [0.25, 0.3) is 0 Å². The molecule has 0 aliphatic carbocycles. The van der Waals surface area contributed by atoms with Crippen LogP contribution in [0.25, 0.3) is 11.3 Å². The smallest absolute Gasteiger partial charge is 0.244 e. The molecule has 0 bridgehead atoms. The molecule has 2 aromatic carbocycles. The third kappa shape index (κ3) is 3.66. The topological polar surface area (TPSA) is 106 Å². The molecule has 0 fully saturated rings. The number of hydrogen-bond acceptors (Lipinski definition) is 6. The van der Waals surface area contributed by atoms with E-state index in [1.54, 1.807) is 12.1 Å². The van der Waals surface area contributed by atoms with Crippen LogP contribution in [-0.2, 0) is 0 Å². The summed E-state index contributed by atoms with van der Waals surface area (Å²) in [6.07, 6.45) is 0. The molecule has 1 aliphatic heterocycles. The van der Waals surface area contributed by atoms with Crippen LogP contribution < -0.4 is 19.9 Å². The van der Waals surface area contributed by atoms with E-state index in [0.29, 0.717) is 41.5 Å². The normalized spacial score (nSPS) is 15.1. The van der Waals surface area contributed by atoms with E-state index < -0.39 is 5.92 Å². The van der Waals surface area contributed by atoms with Crippen molar-refractivity contribution in [2.24, 2.45) is 5.73 Å². The van der Waals surface area contributed by atoms with Crippen molar-refractivity contribution in [3.05, 3.63) is 70.9 Å². The number of ether oxygens (including phenoxy) is 3. The number of benzene rings is 2. The predicted molar refractivity (Wildman–Crippen MR) is 112 cm³/mol. The molecule has 1 aliphatic rings. The summed E-state index contributed by atoms with van der Waals surface area (Å²) in [7, 11) is 0. The molecule has 0 radical (unpaired) electrons. The van der Waals surface area contributed by atoms with Gasteiger partial charge in [0.05, 0.1) is 30.4 Å². The number of fused-ring (bicyclic) bond motifs is 1. The molecule has 0 unspecified atom stereocenters. The molecule has 31 heavy (non-hydrogen) atoms. The van der Waals surface area contributed by atoms with E-state index in [-0.39, 0.29) is 23.2 Å². The van der Waals surface area contributed by atoms with Gasteiger partial charge in [-0.2, -0.15) is 5.26 Å². The van der Waals surface area contributed by atoms with Crippen LogP contribution in [0.3, 0.4) is 0 Å². The van der Waals surface area contributed by atoms with E-state index in [1.165, 1.54) is 12.1 Å². The minimum absolute atomic E-state index is 0.0286. The van der Waals surface area contributed by atoms with E-state index in [1.807, 2.05) is 32.0 Å². The SMILES string of the molecule is CCOc1ccc(-c2[nH]nc3c2[C@H](c2ccc(F)cc2)C(C#N)=C(N)O3)c(OCC)c1. The number of rotatable bonds is 6.